The molecule has 1 heterocycles. The Hall–Kier alpha value is -0.290. The van der Waals surface area contributed by atoms with Crippen molar-refractivity contribution in [2.45, 2.75) is 39.5 Å². The molecule has 5 heteroatoms. The minimum Gasteiger partial charge on any atom is -0.358 e. The Kier molecular flexibility index (Phi) is 5.39. The molecular formula is C10H19N3S2. The SMILES string of the molecule is CC(C)CSCc1nsc(NC(C)C)n1. The molecule has 0 fully saturated rings. The van der Waals surface area contributed by atoms with Gasteiger partial charge in [0.2, 0.25) is 5.13 Å². The summed E-state index contributed by atoms with van der Waals surface area (Å²) in [7, 11) is 0. The van der Waals surface area contributed by atoms with Crippen molar-refractivity contribution >= 4 is 28.4 Å². The number of hydrogen-bond donors (Lipinski definition) is 1. The van der Waals surface area contributed by atoms with Crippen molar-refractivity contribution < 1.29 is 0 Å². The summed E-state index contributed by atoms with van der Waals surface area (Å²) < 4.78 is 4.31. The highest BCUT2D eigenvalue weighted by Crippen LogP contribution is 2.17. The zero-order valence-corrected chi connectivity index (χ0v) is 11.4. The molecule has 1 N–H and O–H groups in total. The molecule has 15 heavy (non-hydrogen) atoms. The van der Waals surface area contributed by atoms with E-state index in [9.17, 15) is 0 Å². The number of aromatic nitrogens is 2. The van der Waals surface area contributed by atoms with Crippen LogP contribution in [0.25, 0.3) is 0 Å². The van der Waals surface area contributed by atoms with Crippen LogP contribution in [0.3, 0.4) is 0 Å². The molecule has 3 nitrogen and oxygen atoms in total. The van der Waals surface area contributed by atoms with Gasteiger partial charge in [-0.3, -0.25) is 0 Å². The van der Waals surface area contributed by atoms with Crippen molar-refractivity contribution in [3.05, 3.63) is 5.82 Å². The van der Waals surface area contributed by atoms with Gasteiger partial charge in [-0.15, -0.1) is 0 Å². The summed E-state index contributed by atoms with van der Waals surface area (Å²) in [5.41, 5.74) is 0. The molecule has 0 bridgehead atoms. The summed E-state index contributed by atoms with van der Waals surface area (Å²) in [6, 6.07) is 0.425. The fourth-order valence-electron chi connectivity index (χ4n) is 1.00. The number of hydrogen-bond acceptors (Lipinski definition) is 5. The number of nitrogens with zero attached hydrogens (tertiary/aromatic N) is 2. The van der Waals surface area contributed by atoms with Gasteiger partial charge in [0.05, 0.1) is 5.75 Å². The molecule has 0 aliphatic heterocycles. The maximum Gasteiger partial charge on any atom is 0.202 e. The molecule has 0 atom stereocenters. The van der Waals surface area contributed by atoms with Crippen LogP contribution < -0.4 is 5.32 Å². The first-order valence-electron chi connectivity index (χ1n) is 5.24. The largest absolute Gasteiger partial charge is 0.358 e. The van der Waals surface area contributed by atoms with Gasteiger partial charge in [-0.2, -0.15) is 16.1 Å². The first-order valence-corrected chi connectivity index (χ1v) is 7.17. The van der Waals surface area contributed by atoms with Gasteiger partial charge >= 0.3 is 0 Å². The molecule has 1 aromatic heterocycles. The number of nitrogens with one attached hydrogen (secondary N) is 1. The zero-order chi connectivity index (χ0) is 11.3. The van der Waals surface area contributed by atoms with Crippen molar-refractivity contribution in [1.82, 2.24) is 9.36 Å². The van der Waals surface area contributed by atoms with E-state index in [1.54, 1.807) is 0 Å². The van der Waals surface area contributed by atoms with Crippen molar-refractivity contribution in [3.8, 4) is 0 Å². The Morgan fingerprint density at radius 1 is 1.33 bits per heavy atom. The second kappa shape index (κ2) is 6.33. The van der Waals surface area contributed by atoms with Gasteiger partial charge in [0.1, 0.15) is 0 Å². The van der Waals surface area contributed by atoms with Crippen LogP contribution >= 0.6 is 23.3 Å². The van der Waals surface area contributed by atoms with Crippen molar-refractivity contribution in [2.24, 2.45) is 5.92 Å². The Labute approximate surface area is 100 Å². The molecular weight excluding hydrogens is 226 g/mol. The Morgan fingerprint density at radius 2 is 2.07 bits per heavy atom. The molecule has 0 spiro atoms. The van der Waals surface area contributed by atoms with Crippen LogP contribution in [0.2, 0.25) is 0 Å². The molecule has 1 rings (SSSR count). The molecule has 0 aromatic carbocycles. The van der Waals surface area contributed by atoms with E-state index >= 15 is 0 Å². The van der Waals surface area contributed by atoms with E-state index < -0.39 is 0 Å². The normalized spacial score (nSPS) is 11.3. The van der Waals surface area contributed by atoms with Crippen molar-refractivity contribution in [2.75, 3.05) is 11.1 Å². The second-order valence-corrected chi connectivity index (χ2v) is 6.01. The monoisotopic (exact) mass is 245 g/mol. The molecule has 0 aliphatic rings. The van der Waals surface area contributed by atoms with Gasteiger partial charge in [0.15, 0.2) is 5.82 Å². The Balaban J connectivity index is 2.33. The van der Waals surface area contributed by atoms with E-state index in [-0.39, 0.29) is 0 Å². The topological polar surface area (TPSA) is 37.8 Å². The van der Waals surface area contributed by atoms with Crippen LogP contribution in [0.5, 0.6) is 0 Å². The van der Waals surface area contributed by atoms with Crippen molar-refractivity contribution in [1.29, 1.82) is 0 Å². The lowest BCUT2D eigenvalue weighted by Gasteiger charge is -2.03. The third-order valence-electron chi connectivity index (χ3n) is 1.56. The summed E-state index contributed by atoms with van der Waals surface area (Å²) >= 11 is 3.35. The fraction of sp³-hybridized carbons (Fsp3) is 0.800. The molecule has 1 aromatic rings. The number of thioether (sulfide) groups is 1. The standard InChI is InChI=1S/C10H19N3S2/c1-7(2)5-14-6-9-12-10(15-13-9)11-8(3)4/h7-8H,5-6H2,1-4H3,(H,11,12,13). The lowest BCUT2D eigenvalue weighted by Crippen LogP contribution is -2.09. The maximum atomic E-state index is 4.42. The van der Waals surface area contributed by atoms with Gasteiger partial charge in [-0.1, -0.05) is 13.8 Å². The van der Waals surface area contributed by atoms with Gasteiger partial charge < -0.3 is 5.32 Å². The minimum atomic E-state index is 0.425. The van der Waals surface area contributed by atoms with E-state index in [1.165, 1.54) is 17.3 Å². The quantitative estimate of drug-likeness (QED) is 0.835. The van der Waals surface area contributed by atoms with E-state index in [1.807, 2.05) is 11.8 Å². The van der Waals surface area contributed by atoms with Crippen LogP contribution in [-0.2, 0) is 5.75 Å². The molecule has 0 saturated heterocycles. The van der Waals surface area contributed by atoms with Crippen molar-refractivity contribution in [3.63, 3.8) is 0 Å². The lowest BCUT2D eigenvalue weighted by molar-refractivity contribution is 0.750. The summed E-state index contributed by atoms with van der Waals surface area (Å²) in [6.07, 6.45) is 0. The second-order valence-electron chi connectivity index (χ2n) is 4.22. The predicted molar refractivity (Wildman–Crippen MR) is 69.7 cm³/mol. The van der Waals surface area contributed by atoms with E-state index in [0.29, 0.717) is 6.04 Å². The molecule has 0 saturated carbocycles. The minimum absolute atomic E-state index is 0.425. The first-order chi connectivity index (χ1) is 7.08. The first kappa shape index (κ1) is 12.8. The maximum absolute atomic E-state index is 4.42. The highest BCUT2D eigenvalue weighted by molar-refractivity contribution is 7.98. The Bertz CT molecular complexity index is 284. The Morgan fingerprint density at radius 3 is 2.67 bits per heavy atom. The summed E-state index contributed by atoms with van der Waals surface area (Å²) in [6.45, 7) is 8.67. The van der Waals surface area contributed by atoms with E-state index in [2.05, 4.69) is 42.4 Å². The van der Waals surface area contributed by atoms with E-state index in [4.69, 9.17) is 0 Å². The predicted octanol–water partition coefficient (Wildman–Crippen LogP) is 3.25. The van der Waals surface area contributed by atoms with Crippen LogP contribution in [0.1, 0.15) is 33.5 Å². The third kappa shape index (κ3) is 5.37. The lowest BCUT2D eigenvalue weighted by atomic mass is 10.3. The summed E-state index contributed by atoms with van der Waals surface area (Å²) in [5.74, 6) is 3.79. The summed E-state index contributed by atoms with van der Waals surface area (Å²) in [4.78, 5) is 4.42. The van der Waals surface area contributed by atoms with Crippen LogP contribution in [0.4, 0.5) is 5.13 Å². The van der Waals surface area contributed by atoms with Crippen LogP contribution in [0.15, 0.2) is 0 Å². The summed E-state index contributed by atoms with van der Waals surface area (Å²) in [5, 5.41) is 4.20. The van der Waals surface area contributed by atoms with Gasteiger partial charge in [-0.05, 0) is 25.5 Å². The average molecular weight is 245 g/mol. The van der Waals surface area contributed by atoms with Gasteiger partial charge in [-0.25, -0.2) is 4.98 Å². The molecule has 86 valence electrons. The molecule has 0 aliphatic carbocycles. The zero-order valence-electron chi connectivity index (χ0n) is 9.78. The van der Waals surface area contributed by atoms with Gasteiger partial charge in [0.25, 0.3) is 0 Å². The average Bonchev–Trinajstić information content (AvgIpc) is 2.50. The van der Waals surface area contributed by atoms with Crippen LogP contribution in [-0.4, -0.2) is 21.2 Å². The number of anilines is 1. The highest BCUT2D eigenvalue weighted by atomic mass is 32.2. The van der Waals surface area contributed by atoms with Crippen LogP contribution in [0, 0.1) is 5.92 Å². The molecule has 0 amide bonds. The molecule has 0 radical (unpaired) electrons. The molecule has 0 unspecified atom stereocenters. The fourth-order valence-corrected chi connectivity index (χ4v) is 2.72. The highest BCUT2D eigenvalue weighted by Gasteiger charge is 2.05. The third-order valence-corrected chi connectivity index (χ3v) is 3.61. The number of rotatable bonds is 6. The van der Waals surface area contributed by atoms with Gasteiger partial charge in [0, 0.05) is 17.6 Å². The smallest absolute Gasteiger partial charge is 0.202 e. The van der Waals surface area contributed by atoms with E-state index in [0.717, 1.165) is 22.6 Å².